The molecule has 1 fully saturated rings. The largest absolute Gasteiger partial charge is 0.491 e. The molecule has 0 amide bonds. The van der Waals surface area contributed by atoms with Crippen molar-refractivity contribution in [1.82, 2.24) is 24.7 Å². The smallest absolute Gasteiger partial charge is 0.217 e. The molecule has 3 heterocycles. The first kappa shape index (κ1) is 21.0. The molecule has 32 heavy (non-hydrogen) atoms. The molecule has 2 atom stereocenters. The average molecular weight is 472 g/mol. The van der Waals surface area contributed by atoms with Gasteiger partial charge in [-0.25, -0.2) is 14.6 Å². The number of H-pyrrole nitrogens is 1. The zero-order valence-electron chi connectivity index (χ0n) is 16.8. The summed E-state index contributed by atoms with van der Waals surface area (Å²) in [5.74, 6) is 0.399. The van der Waals surface area contributed by atoms with E-state index in [1.165, 1.54) is 6.33 Å². The predicted molar refractivity (Wildman–Crippen MR) is 119 cm³/mol. The fourth-order valence-electron chi connectivity index (χ4n) is 3.60. The number of aromatic amines is 1. The van der Waals surface area contributed by atoms with Crippen LogP contribution in [0.3, 0.4) is 0 Å². The SMILES string of the molecule is Clc1ccc([C@]2(Cn3cncn3)OC[C@@H](COc3ccc(-c4ncc[nH]4)cc3)O2)c(Cl)c1. The molecular weight excluding hydrogens is 453 g/mol. The number of halogens is 2. The highest BCUT2D eigenvalue weighted by molar-refractivity contribution is 6.35. The standard InChI is InChI=1S/C22H19Cl2N5O3/c23-16-3-6-19(20(24)9-16)22(12-29-14-25-13-28-29)31-11-18(32-22)10-30-17-4-1-15(2-5-17)21-26-7-8-27-21/h1-9,13-14,18H,10-12H2,(H,26,27)/t18-,22-/m1/s1. The van der Waals surface area contributed by atoms with Crippen LogP contribution in [0.2, 0.25) is 10.0 Å². The Kier molecular flexibility index (Phi) is 5.84. The van der Waals surface area contributed by atoms with Crippen molar-refractivity contribution in [2.24, 2.45) is 0 Å². The van der Waals surface area contributed by atoms with Crippen LogP contribution in [0.1, 0.15) is 5.56 Å². The van der Waals surface area contributed by atoms with Crippen molar-refractivity contribution in [3.05, 3.63) is 83.1 Å². The van der Waals surface area contributed by atoms with E-state index in [4.69, 9.17) is 37.4 Å². The molecule has 4 aromatic rings. The minimum absolute atomic E-state index is 0.280. The number of rotatable bonds is 7. The molecule has 5 rings (SSSR count). The monoisotopic (exact) mass is 471 g/mol. The first-order chi connectivity index (χ1) is 15.6. The Balaban J connectivity index is 1.30. The lowest BCUT2D eigenvalue weighted by atomic mass is 10.1. The maximum Gasteiger partial charge on any atom is 0.217 e. The average Bonchev–Trinajstić information content (AvgIpc) is 3.56. The van der Waals surface area contributed by atoms with Gasteiger partial charge in [0.05, 0.1) is 11.6 Å². The van der Waals surface area contributed by atoms with E-state index in [1.807, 2.05) is 24.3 Å². The number of benzene rings is 2. The number of nitrogens with zero attached hydrogens (tertiary/aromatic N) is 4. The highest BCUT2D eigenvalue weighted by atomic mass is 35.5. The van der Waals surface area contributed by atoms with E-state index in [0.29, 0.717) is 28.8 Å². The van der Waals surface area contributed by atoms with E-state index in [2.05, 4.69) is 20.1 Å². The Labute approximate surface area is 194 Å². The highest BCUT2D eigenvalue weighted by Gasteiger charge is 2.45. The van der Waals surface area contributed by atoms with Crippen LogP contribution < -0.4 is 4.74 Å². The molecule has 0 spiro atoms. The Bertz CT molecular complexity index is 1170. The second-order valence-electron chi connectivity index (χ2n) is 7.29. The summed E-state index contributed by atoms with van der Waals surface area (Å²) in [6.45, 7) is 0.922. The third-order valence-electron chi connectivity index (χ3n) is 5.10. The van der Waals surface area contributed by atoms with Gasteiger partial charge in [-0.1, -0.05) is 29.3 Å². The summed E-state index contributed by atoms with van der Waals surface area (Å²) in [6.07, 6.45) is 6.25. The van der Waals surface area contributed by atoms with E-state index >= 15 is 0 Å². The van der Waals surface area contributed by atoms with Crippen molar-refractivity contribution in [2.45, 2.75) is 18.4 Å². The zero-order chi connectivity index (χ0) is 22.0. The second kappa shape index (κ2) is 8.91. The molecule has 1 aliphatic rings. The van der Waals surface area contributed by atoms with Gasteiger partial charge in [0.25, 0.3) is 0 Å². The predicted octanol–water partition coefficient (Wildman–Crippen LogP) is 4.32. The lowest BCUT2D eigenvalue weighted by molar-refractivity contribution is -0.190. The van der Waals surface area contributed by atoms with Gasteiger partial charge in [0.15, 0.2) is 0 Å². The van der Waals surface area contributed by atoms with Crippen LogP contribution in [0, 0.1) is 0 Å². The summed E-state index contributed by atoms with van der Waals surface area (Å²) in [6, 6.07) is 12.9. The molecule has 2 aromatic carbocycles. The van der Waals surface area contributed by atoms with Crippen molar-refractivity contribution in [2.75, 3.05) is 13.2 Å². The van der Waals surface area contributed by atoms with Crippen LogP contribution in [-0.2, 0) is 21.8 Å². The molecule has 1 N–H and O–H groups in total. The fourth-order valence-corrected chi connectivity index (χ4v) is 4.16. The Morgan fingerprint density at radius 1 is 1.19 bits per heavy atom. The van der Waals surface area contributed by atoms with E-state index in [-0.39, 0.29) is 12.6 Å². The van der Waals surface area contributed by atoms with E-state index < -0.39 is 5.79 Å². The first-order valence-corrected chi connectivity index (χ1v) is 10.7. The van der Waals surface area contributed by atoms with E-state index in [0.717, 1.165) is 17.1 Å². The zero-order valence-corrected chi connectivity index (χ0v) is 18.3. The molecule has 1 aliphatic heterocycles. The van der Waals surface area contributed by atoms with Crippen LogP contribution >= 0.6 is 23.2 Å². The molecule has 0 radical (unpaired) electrons. The Hall–Kier alpha value is -2.91. The molecular formula is C22H19Cl2N5O3. The number of hydrogen-bond donors (Lipinski definition) is 1. The summed E-state index contributed by atoms with van der Waals surface area (Å²) < 4.78 is 20.1. The van der Waals surface area contributed by atoms with Gasteiger partial charge in [0.2, 0.25) is 5.79 Å². The molecule has 8 nitrogen and oxygen atoms in total. The number of nitrogens with one attached hydrogen (secondary N) is 1. The van der Waals surface area contributed by atoms with Crippen molar-refractivity contribution in [3.8, 4) is 17.1 Å². The molecule has 0 saturated carbocycles. The molecule has 0 unspecified atom stereocenters. The lowest BCUT2D eigenvalue weighted by Crippen LogP contribution is -2.35. The van der Waals surface area contributed by atoms with Gasteiger partial charge < -0.3 is 19.2 Å². The maximum atomic E-state index is 6.49. The summed E-state index contributed by atoms with van der Waals surface area (Å²) in [4.78, 5) is 11.3. The second-order valence-corrected chi connectivity index (χ2v) is 8.14. The number of aromatic nitrogens is 5. The summed E-state index contributed by atoms with van der Waals surface area (Å²) in [5.41, 5.74) is 1.65. The van der Waals surface area contributed by atoms with Gasteiger partial charge in [-0.05, 0) is 36.4 Å². The summed E-state index contributed by atoms with van der Waals surface area (Å²) in [7, 11) is 0. The Morgan fingerprint density at radius 3 is 2.78 bits per heavy atom. The quantitative estimate of drug-likeness (QED) is 0.431. The van der Waals surface area contributed by atoms with Crippen molar-refractivity contribution in [1.29, 1.82) is 0 Å². The third-order valence-corrected chi connectivity index (χ3v) is 5.65. The number of ether oxygens (including phenoxy) is 3. The van der Waals surface area contributed by atoms with Crippen LogP contribution in [0.4, 0.5) is 0 Å². The first-order valence-electron chi connectivity index (χ1n) is 9.94. The van der Waals surface area contributed by atoms with Crippen molar-refractivity contribution >= 4 is 23.2 Å². The van der Waals surface area contributed by atoms with Gasteiger partial charge in [0, 0.05) is 28.5 Å². The third kappa shape index (κ3) is 4.35. The number of imidazole rings is 1. The lowest BCUT2D eigenvalue weighted by Gasteiger charge is -2.29. The molecule has 2 aromatic heterocycles. The van der Waals surface area contributed by atoms with Gasteiger partial charge in [0.1, 0.15) is 43.5 Å². The molecule has 164 valence electrons. The van der Waals surface area contributed by atoms with Gasteiger partial charge in [-0.2, -0.15) is 5.10 Å². The van der Waals surface area contributed by atoms with Crippen molar-refractivity contribution in [3.63, 3.8) is 0 Å². The van der Waals surface area contributed by atoms with Crippen molar-refractivity contribution < 1.29 is 14.2 Å². The van der Waals surface area contributed by atoms with E-state index in [1.54, 1.807) is 41.6 Å². The molecule has 0 bridgehead atoms. The minimum atomic E-state index is -1.13. The van der Waals surface area contributed by atoms with Crippen LogP contribution in [0.5, 0.6) is 5.75 Å². The molecule has 1 saturated heterocycles. The van der Waals surface area contributed by atoms with Gasteiger partial charge >= 0.3 is 0 Å². The minimum Gasteiger partial charge on any atom is -0.491 e. The summed E-state index contributed by atoms with van der Waals surface area (Å²) in [5, 5.41) is 5.17. The fraction of sp³-hybridized carbons (Fsp3) is 0.227. The summed E-state index contributed by atoms with van der Waals surface area (Å²) >= 11 is 12.6. The maximum absolute atomic E-state index is 6.49. The molecule has 10 heteroatoms. The normalized spacial score (nSPS) is 20.5. The highest BCUT2D eigenvalue weighted by Crippen LogP contribution is 2.40. The van der Waals surface area contributed by atoms with Crippen LogP contribution in [-0.4, -0.2) is 44.1 Å². The van der Waals surface area contributed by atoms with Crippen LogP contribution in [0.25, 0.3) is 11.4 Å². The van der Waals surface area contributed by atoms with Crippen LogP contribution in [0.15, 0.2) is 67.5 Å². The Morgan fingerprint density at radius 2 is 2.06 bits per heavy atom. The molecule has 0 aliphatic carbocycles. The van der Waals surface area contributed by atoms with Gasteiger partial charge in [-0.15, -0.1) is 0 Å². The topological polar surface area (TPSA) is 87.1 Å². The number of hydrogen-bond acceptors (Lipinski definition) is 6. The van der Waals surface area contributed by atoms with E-state index in [9.17, 15) is 0 Å². The van der Waals surface area contributed by atoms with Gasteiger partial charge in [-0.3, -0.25) is 0 Å².